The van der Waals surface area contributed by atoms with Crippen molar-refractivity contribution < 1.29 is 23.0 Å². The van der Waals surface area contributed by atoms with Gasteiger partial charge in [-0.3, -0.25) is 0 Å². The number of benzene rings is 1. The van der Waals surface area contributed by atoms with Gasteiger partial charge in [0.15, 0.2) is 0 Å². The van der Waals surface area contributed by atoms with Crippen molar-refractivity contribution in [1.29, 1.82) is 0 Å². The number of aliphatic hydroxyl groups excluding tert-OH is 1. The normalized spacial score (nSPS) is 24.5. The van der Waals surface area contributed by atoms with Gasteiger partial charge in [-0.15, -0.1) is 0 Å². The third-order valence-corrected chi connectivity index (χ3v) is 8.59. The van der Waals surface area contributed by atoms with E-state index in [1.54, 1.807) is 25.1 Å². The molecule has 0 amide bonds. The second-order valence-corrected chi connectivity index (χ2v) is 12.0. The van der Waals surface area contributed by atoms with Crippen LogP contribution in [-0.4, -0.2) is 81.4 Å². The molecule has 1 aromatic rings. The lowest BCUT2D eigenvalue weighted by Gasteiger charge is -2.38. The number of ether oxygens (including phenoxy) is 2. The lowest BCUT2D eigenvalue weighted by molar-refractivity contribution is 0.0402. The van der Waals surface area contributed by atoms with E-state index in [1.807, 2.05) is 20.8 Å². The van der Waals surface area contributed by atoms with E-state index in [4.69, 9.17) is 9.47 Å². The van der Waals surface area contributed by atoms with Crippen molar-refractivity contribution in [2.75, 3.05) is 46.5 Å². The Morgan fingerprint density at radius 1 is 1.21 bits per heavy atom. The molecule has 7 nitrogen and oxygen atoms in total. The van der Waals surface area contributed by atoms with Crippen LogP contribution in [0.1, 0.15) is 46.1 Å². The molecule has 3 atom stereocenters. The molecule has 0 spiro atoms. The first-order valence-electron chi connectivity index (χ1n) is 12.3. The summed E-state index contributed by atoms with van der Waals surface area (Å²) in [7, 11) is -1.74. The molecule has 2 heterocycles. The summed E-state index contributed by atoms with van der Waals surface area (Å²) in [4.78, 5) is 2.42. The van der Waals surface area contributed by atoms with Gasteiger partial charge in [0.2, 0.25) is 10.0 Å². The Balaban J connectivity index is 1.94. The highest BCUT2D eigenvalue weighted by atomic mass is 32.2. The number of aliphatic hydroxyl groups is 1. The van der Waals surface area contributed by atoms with Crippen molar-refractivity contribution in [3.05, 3.63) is 23.8 Å². The van der Waals surface area contributed by atoms with E-state index in [-0.39, 0.29) is 36.0 Å². The number of likely N-dealkylation sites (N-methyl/N-ethyl adjacent to an activating group) is 1. The summed E-state index contributed by atoms with van der Waals surface area (Å²) in [5.74, 6) is 7.33. The average molecular weight is 493 g/mol. The van der Waals surface area contributed by atoms with E-state index < -0.39 is 16.1 Å². The molecule has 0 aliphatic carbocycles. The molecule has 0 unspecified atom stereocenters. The molecule has 3 rings (SSSR count). The number of sulfonamides is 1. The van der Waals surface area contributed by atoms with Crippen LogP contribution in [0.25, 0.3) is 0 Å². The summed E-state index contributed by atoms with van der Waals surface area (Å²) in [6.45, 7) is 11.1. The monoisotopic (exact) mass is 492 g/mol. The van der Waals surface area contributed by atoms with Crippen molar-refractivity contribution >= 4 is 10.0 Å². The minimum Gasteiger partial charge on any atom is -0.487 e. The highest BCUT2D eigenvalue weighted by Gasteiger charge is 2.38. The maximum absolute atomic E-state index is 13.6. The van der Waals surface area contributed by atoms with Crippen LogP contribution in [0.3, 0.4) is 0 Å². The third-order valence-electron chi connectivity index (χ3n) is 6.57. The Kier molecular flexibility index (Phi) is 9.41. The van der Waals surface area contributed by atoms with Gasteiger partial charge >= 0.3 is 0 Å². The van der Waals surface area contributed by atoms with Crippen LogP contribution in [0.4, 0.5) is 0 Å². The third kappa shape index (κ3) is 6.73. The quantitative estimate of drug-likeness (QED) is 0.616. The Morgan fingerprint density at radius 2 is 1.91 bits per heavy atom. The smallest absolute Gasteiger partial charge is 0.247 e. The molecule has 1 N–H and O–H groups in total. The van der Waals surface area contributed by atoms with Gasteiger partial charge in [0, 0.05) is 56.3 Å². The summed E-state index contributed by atoms with van der Waals surface area (Å²) in [5.41, 5.74) is 0.729. The molecular formula is C26H40N2O5S. The molecule has 0 aromatic heterocycles. The number of nitrogens with zero attached hydrogens (tertiary/aromatic N) is 2. The molecule has 1 saturated heterocycles. The summed E-state index contributed by atoms with van der Waals surface area (Å²) in [6, 6.07) is 4.53. The van der Waals surface area contributed by atoms with E-state index in [2.05, 4.69) is 23.8 Å². The van der Waals surface area contributed by atoms with Crippen LogP contribution < -0.4 is 4.74 Å². The summed E-state index contributed by atoms with van der Waals surface area (Å²) < 4.78 is 40.5. The zero-order valence-electron chi connectivity index (χ0n) is 21.2. The Bertz CT molecular complexity index is 979. The second kappa shape index (κ2) is 11.9. The molecular weight excluding hydrogens is 452 g/mol. The maximum Gasteiger partial charge on any atom is 0.247 e. The number of hydrogen-bond acceptors (Lipinski definition) is 6. The molecule has 2 aliphatic rings. The molecule has 190 valence electrons. The molecule has 1 aromatic carbocycles. The van der Waals surface area contributed by atoms with Crippen molar-refractivity contribution in [2.45, 2.75) is 57.6 Å². The van der Waals surface area contributed by atoms with Crippen molar-refractivity contribution in [3.63, 3.8) is 0 Å². The SMILES string of the molecule is CC(C)C#Cc1ccc2c(c1)O[C@H](CN(C)CC1CCOCC1)[C@@H](C)CN([C@H](C)CO)S2(=O)=O. The molecule has 0 saturated carbocycles. The second-order valence-electron chi connectivity index (χ2n) is 10.1. The van der Waals surface area contributed by atoms with E-state index in [0.717, 1.165) is 38.2 Å². The van der Waals surface area contributed by atoms with Crippen molar-refractivity contribution in [1.82, 2.24) is 9.21 Å². The predicted molar refractivity (Wildman–Crippen MR) is 133 cm³/mol. The maximum atomic E-state index is 13.6. The van der Waals surface area contributed by atoms with Crippen LogP contribution >= 0.6 is 0 Å². The Hall–Kier alpha value is -1.63. The minimum atomic E-state index is -3.84. The lowest BCUT2D eigenvalue weighted by atomic mass is 9.98. The Labute approximate surface area is 205 Å². The first kappa shape index (κ1) is 27.0. The largest absolute Gasteiger partial charge is 0.487 e. The van der Waals surface area contributed by atoms with Crippen molar-refractivity contribution in [3.8, 4) is 17.6 Å². The fourth-order valence-electron chi connectivity index (χ4n) is 4.50. The number of hydrogen-bond donors (Lipinski definition) is 1. The first-order valence-corrected chi connectivity index (χ1v) is 13.8. The Morgan fingerprint density at radius 3 is 2.56 bits per heavy atom. The van der Waals surface area contributed by atoms with Gasteiger partial charge in [0.1, 0.15) is 16.7 Å². The van der Waals surface area contributed by atoms with Gasteiger partial charge in [-0.25, -0.2) is 8.42 Å². The van der Waals surface area contributed by atoms with Crippen LogP contribution in [0, 0.1) is 29.6 Å². The fraction of sp³-hybridized carbons (Fsp3) is 0.692. The van der Waals surface area contributed by atoms with E-state index in [9.17, 15) is 13.5 Å². The lowest BCUT2D eigenvalue weighted by Crippen LogP contribution is -2.50. The average Bonchev–Trinajstić information content (AvgIpc) is 2.80. The van der Waals surface area contributed by atoms with E-state index in [0.29, 0.717) is 18.2 Å². The highest BCUT2D eigenvalue weighted by Crippen LogP contribution is 2.34. The van der Waals surface area contributed by atoms with Crippen LogP contribution in [0.5, 0.6) is 5.75 Å². The number of fused-ring (bicyclic) bond motifs is 1. The van der Waals surface area contributed by atoms with Gasteiger partial charge in [-0.1, -0.05) is 32.6 Å². The molecule has 1 fully saturated rings. The molecule has 0 bridgehead atoms. The van der Waals surface area contributed by atoms with Gasteiger partial charge in [0.05, 0.1) is 6.61 Å². The van der Waals surface area contributed by atoms with Gasteiger partial charge in [-0.05, 0) is 50.9 Å². The summed E-state index contributed by atoms with van der Waals surface area (Å²) >= 11 is 0. The molecule has 8 heteroatoms. The van der Waals surface area contributed by atoms with Crippen LogP contribution in [0.15, 0.2) is 23.1 Å². The number of rotatable bonds is 6. The standard InChI is InChI=1S/C26H40N2O5S/c1-19(2)6-7-22-8-9-26-24(14-22)33-25(17-27(5)16-23-10-12-32-13-11-23)20(3)15-28(21(4)18-29)34(26,30)31/h8-9,14,19-21,23,25,29H,10-13,15-18H2,1-5H3/t20-,21+,25+/m0/s1. The summed E-state index contributed by atoms with van der Waals surface area (Å²) in [6.07, 6.45) is 1.92. The summed E-state index contributed by atoms with van der Waals surface area (Å²) in [5, 5.41) is 9.80. The van der Waals surface area contributed by atoms with E-state index >= 15 is 0 Å². The van der Waals surface area contributed by atoms with Crippen LogP contribution in [-0.2, 0) is 14.8 Å². The van der Waals surface area contributed by atoms with Crippen LogP contribution in [0.2, 0.25) is 0 Å². The topological polar surface area (TPSA) is 79.3 Å². The molecule has 34 heavy (non-hydrogen) atoms. The predicted octanol–water partition coefficient (Wildman–Crippen LogP) is 2.82. The molecule has 2 aliphatic heterocycles. The highest BCUT2D eigenvalue weighted by molar-refractivity contribution is 7.89. The zero-order chi connectivity index (χ0) is 24.9. The van der Waals surface area contributed by atoms with Crippen molar-refractivity contribution in [2.24, 2.45) is 17.8 Å². The van der Waals surface area contributed by atoms with E-state index in [1.165, 1.54) is 4.31 Å². The fourth-order valence-corrected chi connectivity index (χ4v) is 6.33. The minimum absolute atomic E-state index is 0.0699. The van der Waals surface area contributed by atoms with Gasteiger partial charge in [-0.2, -0.15) is 4.31 Å². The first-order chi connectivity index (χ1) is 16.1. The van der Waals surface area contributed by atoms with Gasteiger partial charge < -0.3 is 19.5 Å². The van der Waals surface area contributed by atoms with Gasteiger partial charge in [0.25, 0.3) is 0 Å². The zero-order valence-corrected chi connectivity index (χ0v) is 22.0. The molecule has 0 radical (unpaired) electrons.